The number of halogens is 4. The molecule has 0 saturated heterocycles. The van der Waals surface area contributed by atoms with E-state index in [9.17, 15) is 18.0 Å². The Morgan fingerprint density at radius 2 is 2.18 bits per heavy atom. The Hall–Kier alpha value is -1.50. The van der Waals surface area contributed by atoms with E-state index in [2.05, 4.69) is 14.5 Å². The molecule has 1 aromatic heterocycles. The average molecular weight is 270 g/mol. The number of alkyl halides is 3. The fraction of sp³-hybridized carbons (Fsp3) is 0.333. The number of nitrogens with zero attached hydrogens (tertiary/aromatic N) is 1. The van der Waals surface area contributed by atoms with Crippen molar-refractivity contribution in [2.45, 2.75) is 13.3 Å². The van der Waals surface area contributed by atoms with E-state index in [-0.39, 0.29) is 17.3 Å². The maximum Gasteiger partial charge on any atom is 0.573 e. The maximum atomic E-state index is 11.9. The van der Waals surface area contributed by atoms with Gasteiger partial charge in [-0.15, -0.1) is 13.2 Å². The van der Waals surface area contributed by atoms with Crippen LogP contribution in [0.4, 0.5) is 13.2 Å². The van der Waals surface area contributed by atoms with Crippen molar-refractivity contribution in [3.8, 4) is 5.75 Å². The molecule has 4 nitrogen and oxygen atoms in total. The molecule has 0 atom stereocenters. The number of carbonyl (C=O) groups excluding carboxylic acids is 1. The van der Waals surface area contributed by atoms with E-state index >= 15 is 0 Å². The number of hydrogen-bond donors (Lipinski definition) is 0. The molecule has 1 heterocycles. The molecule has 0 fully saturated rings. The fourth-order valence-corrected chi connectivity index (χ4v) is 1.19. The molecule has 0 spiro atoms. The number of carbonyl (C=O) groups is 1. The molecule has 0 aliphatic rings. The topological polar surface area (TPSA) is 48.4 Å². The first-order chi connectivity index (χ1) is 7.83. The minimum atomic E-state index is -4.84. The van der Waals surface area contributed by atoms with Gasteiger partial charge in [0.1, 0.15) is 5.75 Å². The van der Waals surface area contributed by atoms with Crippen LogP contribution in [0.15, 0.2) is 12.3 Å². The second-order valence-corrected chi connectivity index (χ2v) is 3.18. The highest BCUT2D eigenvalue weighted by molar-refractivity contribution is 6.33. The highest BCUT2D eigenvalue weighted by atomic mass is 35.5. The first-order valence-electron chi connectivity index (χ1n) is 4.42. The summed E-state index contributed by atoms with van der Waals surface area (Å²) in [7, 11) is 0. The maximum absolute atomic E-state index is 11.9. The average Bonchev–Trinajstić information content (AvgIpc) is 2.15. The molecule has 0 N–H and O–H groups in total. The van der Waals surface area contributed by atoms with Gasteiger partial charge in [-0.25, -0.2) is 9.78 Å². The molecule has 0 radical (unpaired) electrons. The van der Waals surface area contributed by atoms with Gasteiger partial charge >= 0.3 is 12.3 Å². The van der Waals surface area contributed by atoms with Gasteiger partial charge in [-0.2, -0.15) is 0 Å². The van der Waals surface area contributed by atoms with Crippen molar-refractivity contribution in [2.24, 2.45) is 0 Å². The van der Waals surface area contributed by atoms with E-state index in [0.29, 0.717) is 0 Å². The third-order valence-corrected chi connectivity index (χ3v) is 1.81. The summed E-state index contributed by atoms with van der Waals surface area (Å²) in [6, 6.07) is 0.842. The monoisotopic (exact) mass is 269 g/mol. The van der Waals surface area contributed by atoms with Gasteiger partial charge in [0, 0.05) is 6.07 Å². The molecular weight excluding hydrogens is 263 g/mol. The second kappa shape index (κ2) is 5.22. The molecule has 94 valence electrons. The quantitative estimate of drug-likeness (QED) is 0.792. The first-order valence-corrected chi connectivity index (χ1v) is 4.79. The van der Waals surface area contributed by atoms with Crippen LogP contribution >= 0.6 is 11.6 Å². The number of rotatable bonds is 3. The Morgan fingerprint density at radius 3 is 2.65 bits per heavy atom. The van der Waals surface area contributed by atoms with E-state index in [0.717, 1.165) is 12.3 Å². The molecule has 0 saturated carbocycles. The minimum absolute atomic E-state index is 0.109. The van der Waals surface area contributed by atoms with Crippen LogP contribution < -0.4 is 4.74 Å². The molecule has 0 bridgehead atoms. The molecule has 0 aliphatic heterocycles. The third kappa shape index (κ3) is 4.10. The lowest BCUT2D eigenvalue weighted by atomic mass is 10.3. The standard InChI is InChI=1S/C9H7ClF3NO3/c1-2-16-8(15)7-6(10)3-5(4-14-7)17-9(11,12)13/h3-4H,2H2,1H3. The number of aromatic nitrogens is 1. The zero-order chi connectivity index (χ0) is 13.1. The largest absolute Gasteiger partial charge is 0.573 e. The Bertz CT molecular complexity index is 422. The highest BCUT2D eigenvalue weighted by Gasteiger charge is 2.31. The zero-order valence-electron chi connectivity index (χ0n) is 8.55. The van der Waals surface area contributed by atoms with Crippen LogP contribution in [0.5, 0.6) is 5.75 Å². The summed E-state index contributed by atoms with van der Waals surface area (Å²) >= 11 is 5.58. The Balaban J connectivity index is 2.90. The molecule has 0 unspecified atom stereocenters. The van der Waals surface area contributed by atoms with Crippen LogP contribution in [0.2, 0.25) is 5.02 Å². The fourth-order valence-electron chi connectivity index (χ4n) is 0.959. The van der Waals surface area contributed by atoms with Crippen LogP contribution in [0, 0.1) is 0 Å². The third-order valence-electron chi connectivity index (χ3n) is 1.52. The molecule has 0 amide bonds. The lowest BCUT2D eigenvalue weighted by Gasteiger charge is -2.09. The van der Waals surface area contributed by atoms with Crippen molar-refractivity contribution in [3.05, 3.63) is 23.0 Å². The van der Waals surface area contributed by atoms with Crippen LogP contribution in [0.25, 0.3) is 0 Å². The Morgan fingerprint density at radius 1 is 1.53 bits per heavy atom. The Kier molecular flexibility index (Phi) is 4.17. The molecule has 0 aromatic carbocycles. The van der Waals surface area contributed by atoms with Gasteiger partial charge < -0.3 is 9.47 Å². The molecule has 1 aromatic rings. The van der Waals surface area contributed by atoms with Gasteiger partial charge in [-0.1, -0.05) is 11.6 Å². The summed E-state index contributed by atoms with van der Waals surface area (Å²) in [6.07, 6.45) is -4.10. The summed E-state index contributed by atoms with van der Waals surface area (Å²) in [5.41, 5.74) is -0.261. The second-order valence-electron chi connectivity index (χ2n) is 2.77. The van der Waals surface area contributed by atoms with Crippen molar-refractivity contribution < 1.29 is 27.4 Å². The van der Waals surface area contributed by atoms with Crippen LogP contribution in [0.1, 0.15) is 17.4 Å². The van der Waals surface area contributed by atoms with Gasteiger partial charge in [0.15, 0.2) is 5.69 Å². The summed E-state index contributed by atoms with van der Waals surface area (Å²) in [6.45, 7) is 1.69. The summed E-state index contributed by atoms with van der Waals surface area (Å²) in [5, 5.41) is -0.273. The SMILES string of the molecule is CCOC(=O)c1ncc(OC(F)(F)F)cc1Cl. The van der Waals surface area contributed by atoms with Crippen molar-refractivity contribution in [1.29, 1.82) is 0 Å². The number of hydrogen-bond acceptors (Lipinski definition) is 4. The van der Waals surface area contributed by atoms with Crippen molar-refractivity contribution >= 4 is 17.6 Å². The van der Waals surface area contributed by atoms with Gasteiger partial charge in [0.25, 0.3) is 0 Å². The number of ether oxygens (including phenoxy) is 2. The Labute approximate surface area is 99.3 Å². The van der Waals surface area contributed by atoms with Crippen molar-refractivity contribution in [2.75, 3.05) is 6.61 Å². The summed E-state index contributed by atoms with van der Waals surface area (Å²) in [4.78, 5) is 14.7. The highest BCUT2D eigenvalue weighted by Crippen LogP contribution is 2.26. The predicted molar refractivity (Wildman–Crippen MR) is 51.9 cm³/mol. The van der Waals surface area contributed by atoms with E-state index in [1.165, 1.54) is 0 Å². The molecule has 1 rings (SSSR count). The predicted octanol–water partition coefficient (Wildman–Crippen LogP) is 2.81. The van der Waals surface area contributed by atoms with Crippen molar-refractivity contribution in [1.82, 2.24) is 4.98 Å². The lowest BCUT2D eigenvalue weighted by molar-refractivity contribution is -0.274. The number of pyridine rings is 1. The van der Waals surface area contributed by atoms with E-state index in [4.69, 9.17) is 11.6 Å². The van der Waals surface area contributed by atoms with Crippen molar-refractivity contribution in [3.63, 3.8) is 0 Å². The zero-order valence-corrected chi connectivity index (χ0v) is 9.30. The van der Waals surface area contributed by atoms with Crippen LogP contribution in [-0.2, 0) is 4.74 Å². The van der Waals surface area contributed by atoms with E-state index < -0.39 is 18.1 Å². The number of esters is 1. The first kappa shape index (κ1) is 13.6. The summed E-state index contributed by atoms with van der Waals surface area (Å²) in [5.74, 6) is -1.41. The lowest BCUT2D eigenvalue weighted by Crippen LogP contribution is -2.17. The van der Waals surface area contributed by atoms with E-state index in [1.807, 2.05) is 0 Å². The van der Waals surface area contributed by atoms with Gasteiger partial charge in [0.05, 0.1) is 17.8 Å². The molecule has 8 heteroatoms. The minimum Gasteiger partial charge on any atom is -0.461 e. The smallest absolute Gasteiger partial charge is 0.461 e. The molecular formula is C9H7ClF3NO3. The van der Waals surface area contributed by atoms with Gasteiger partial charge in [0.2, 0.25) is 0 Å². The van der Waals surface area contributed by atoms with Crippen LogP contribution in [0.3, 0.4) is 0 Å². The van der Waals surface area contributed by atoms with Crippen LogP contribution in [-0.4, -0.2) is 23.9 Å². The summed E-state index contributed by atoms with van der Waals surface area (Å²) < 4.78 is 43.8. The molecule has 0 aliphatic carbocycles. The van der Waals surface area contributed by atoms with E-state index in [1.54, 1.807) is 6.92 Å². The normalized spacial score (nSPS) is 11.1. The molecule has 17 heavy (non-hydrogen) atoms. The van der Waals surface area contributed by atoms with Gasteiger partial charge in [-0.05, 0) is 6.92 Å². The van der Waals surface area contributed by atoms with Gasteiger partial charge in [-0.3, -0.25) is 0 Å².